The first-order chi connectivity index (χ1) is 16.0. The minimum atomic E-state index is -1.45. The van der Waals surface area contributed by atoms with Crippen LogP contribution in [0.3, 0.4) is 0 Å². The molecule has 0 saturated heterocycles. The molecule has 5 nitrogen and oxygen atoms in total. The maximum atomic E-state index is 12.3. The largest absolute Gasteiger partial charge is 0.475 e. The molecule has 0 bridgehead atoms. The monoisotopic (exact) mass is 461 g/mol. The van der Waals surface area contributed by atoms with Crippen LogP contribution in [0.4, 0.5) is 5.69 Å². The van der Waals surface area contributed by atoms with Gasteiger partial charge in [0.2, 0.25) is 11.7 Å². The predicted octanol–water partition coefficient (Wildman–Crippen LogP) is 6.35. The Balaban J connectivity index is 1.93. The van der Waals surface area contributed by atoms with Crippen molar-refractivity contribution in [1.29, 1.82) is 0 Å². The maximum Gasteiger partial charge on any atom is 0.372 e. The zero-order valence-corrected chi connectivity index (χ0v) is 20.8. The van der Waals surface area contributed by atoms with Gasteiger partial charge in [0, 0.05) is 18.2 Å². The standard InChI is InChI=1S/C29H35NO4/c1-20(11-16-25-22(3)10-7-17-29(25,4)5)8-6-9-21(2)18-27(32)30-24-14-12-23(13-15-24)19-26(31)28(33)34/h6,8-9,11-16,18H,7,10,17,19H2,1-5H3,(H,30,32)(H,33,34)/b9-6+,16-11+,20-8+,21-18+. The first kappa shape index (κ1) is 26.8. The van der Waals surface area contributed by atoms with Crippen molar-refractivity contribution < 1.29 is 19.5 Å². The number of amides is 1. The summed E-state index contributed by atoms with van der Waals surface area (Å²) >= 11 is 0. The van der Waals surface area contributed by atoms with E-state index in [2.05, 4.69) is 45.2 Å². The Bertz CT molecular complexity index is 1080. The smallest absolute Gasteiger partial charge is 0.372 e. The Kier molecular flexibility index (Phi) is 9.55. The van der Waals surface area contributed by atoms with Crippen molar-refractivity contribution in [2.45, 2.75) is 60.3 Å². The number of Topliss-reactive ketones (excluding diaryl/α,β-unsaturated/α-hetero) is 1. The Morgan fingerprint density at radius 2 is 1.74 bits per heavy atom. The number of ketones is 1. The summed E-state index contributed by atoms with van der Waals surface area (Å²) in [7, 11) is 0. The van der Waals surface area contributed by atoms with E-state index in [9.17, 15) is 14.4 Å². The lowest BCUT2D eigenvalue weighted by molar-refractivity contribution is -0.148. The number of rotatable bonds is 9. The normalized spacial score (nSPS) is 16.9. The third-order valence-electron chi connectivity index (χ3n) is 5.96. The van der Waals surface area contributed by atoms with Gasteiger partial charge in [0.1, 0.15) is 0 Å². The van der Waals surface area contributed by atoms with Gasteiger partial charge in [0.05, 0.1) is 0 Å². The summed E-state index contributed by atoms with van der Waals surface area (Å²) in [6.45, 7) is 10.8. The molecule has 1 aliphatic carbocycles. The van der Waals surface area contributed by atoms with Crippen molar-refractivity contribution in [2.24, 2.45) is 5.41 Å². The Morgan fingerprint density at radius 1 is 1.06 bits per heavy atom. The van der Waals surface area contributed by atoms with Crippen molar-refractivity contribution in [3.05, 3.63) is 88.6 Å². The summed E-state index contributed by atoms with van der Waals surface area (Å²) in [5.74, 6) is -2.58. The van der Waals surface area contributed by atoms with Gasteiger partial charge in [0.25, 0.3) is 0 Å². The Hall–Kier alpha value is -3.47. The minimum Gasteiger partial charge on any atom is -0.475 e. The molecule has 2 N–H and O–H groups in total. The van der Waals surface area contributed by atoms with E-state index in [0.717, 1.165) is 11.1 Å². The third kappa shape index (κ3) is 8.47. The van der Waals surface area contributed by atoms with Gasteiger partial charge < -0.3 is 10.4 Å². The number of carbonyl (C=O) groups excluding carboxylic acids is 2. The van der Waals surface area contributed by atoms with Crippen LogP contribution in [0.25, 0.3) is 0 Å². The summed E-state index contributed by atoms with van der Waals surface area (Å²) in [6, 6.07) is 6.54. The number of hydrogen-bond donors (Lipinski definition) is 2. The highest BCUT2D eigenvalue weighted by molar-refractivity contribution is 6.33. The van der Waals surface area contributed by atoms with Crippen LogP contribution in [0, 0.1) is 5.41 Å². The van der Waals surface area contributed by atoms with E-state index >= 15 is 0 Å². The van der Waals surface area contributed by atoms with Gasteiger partial charge in [-0.25, -0.2) is 4.79 Å². The maximum absolute atomic E-state index is 12.3. The van der Waals surface area contributed by atoms with E-state index in [4.69, 9.17) is 5.11 Å². The van der Waals surface area contributed by atoms with Gasteiger partial charge >= 0.3 is 5.97 Å². The summed E-state index contributed by atoms with van der Waals surface area (Å²) in [6.07, 6.45) is 15.2. The second kappa shape index (κ2) is 12.1. The molecule has 0 spiro atoms. The van der Waals surface area contributed by atoms with Crippen molar-refractivity contribution in [2.75, 3.05) is 5.32 Å². The highest BCUT2D eigenvalue weighted by Crippen LogP contribution is 2.40. The number of carboxylic acids is 1. The molecule has 5 heteroatoms. The first-order valence-electron chi connectivity index (χ1n) is 11.6. The quantitative estimate of drug-likeness (QED) is 0.255. The first-order valence-corrected chi connectivity index (χ1v) is 11.6. The predicted molar refractivity (Wildman–Crippen MR) is 138 cm³/mol. The molecule has 0 fully saturated rings. The summed E-state index contributed by atoms with van der Waals surface area (Å²) in [5.41, 5.74) is 6.22. The Morgan fingerprint density at radius 3 is 2.35 bits per heavy atom. The van der Waals surface area contributed by atoms with Gasteiger partial charge in [0.15, 0.2) is 0 Å². The van der Waals surface area contributed by atoms with Gasteiger partial charge in [-0.2, -0.15) is 0 Å². The van der Waals surface area contributed by atoms with Gasteiger partial charge in [-0.15, -0.1) is 0 Å². The van der Waals surface area contributed by atoms with Gasteiger partial charge in [-0.3, -0.25) is 9.59 Å². The van der Waals surface area contributed by atoms with Crippen LogP contribution in [0.15, 0.2) is 83.0 Å². The molecule has 180 valence electrons. The van der Waals surface area contributed by atoms with Crippen molar-refractivity contribution in [1.82, 2.24) is 0 Å². The Labute approximate surface area is 202 Å². The molecular formula is C29H35NO4. The molecule has 0 radical (unpaired) electrons. The molecule has 0 heterocycles. The molecule has 1 amide bonds. The van der Waals surface area contributed by atoms with Crippen LogP contribution in [0.2, 0.25) is 0 Å². The lowest BCUT2D eigenvalue weighted by Crippen LogP contribution is -2.19. The number of carboxylic acid groups (broad SMARTS) is 1. The van der Waals surface area contributed by atoms with E-state index in [-0.39, 0.29) is 17.7 Å². The van der Waals surface area contributed by atoms with Crippen LogP contribution in [0.5, 0.6) is 0 Å². The highest BCUT2D eigenvalue weighted by Gasteiger charge is 2.26. The zero-order chi connectivity index (χ0) is 25.3. The van der Waals surface area contributed by atoms with Crippen LogP contribution in [-0.4, -0.2) is 22.8 Å². The molecule has 1 aromatic carbocycles. The van der Waals surface area contributed by atoms with Gasteiger partial charge in [-0.1, -0.05) is 67.5 Å². The number of aliphatic carboxylic acids is 1. The fourth-order valence-electron chi connectivity index (χ4n) is 4.03. The van der Waals surface area contributed by atoms with E-state index in [0.29, 0.717) is 11.3 Å². The van der Waals surface area contributed by atoms with E-state index < -0.39 is 11.8 Å². The number of carbonyl (C=O) groups is 3. The minimum absolute atomic E-state index is 0.176. The number of nitrogens with one attached hydrogen (secondary N) is 1. The van der Waals surface area contributed by atoms with Crippen molar-refractivity contribution >= 4 is 23.3 Å². The SMILES string of the molecule is CC1=C(/C=C/C(C)=C/C=C/C(C)=C/C(=O)Nc2ccc(CC(=O)C(=O)O)cc2)C(C)(C)CCC1. The molecule has 2 rings (SSSR count). The summed E-state index contributed by atoms with van der Waals surface area (Å²) in [5, 5.41) is 11.4. The number of allylic oxidation sites excluding steroid dienone is 9. The number of anilines is 1. The van der Waals surface area contributed by atoms with Crippen LogP contribution >= 0.6 is 0 Å². The van der Waals surface area contributed by atoms with E-state index in [1.54, 1.807) is 24.3 Å². The molecule has 34 heavy (non-hydrogen) atoms. The third-order valence-corrected chi connectivity index (χ3v) is 5.96. The summed E-state index contributed by atoms with van der Waals surface area (Å²) in [4.78, 5) is 34.2. The fourth-order valence-corrected chi connectivity index (χ4v) is 4.03. The molecule has 1 aromatic rings. The van der Waals surface area contributed by atoms with Crippen LogP contribution in [0.1, 0.15) is 59.4 Å². The van der Waals surface area contributed by atoms with Crippen molar-refractivity contribution in [3.8, 4) is 0 Å². The number of hydrogen-bond acceptors (Lipinski definition) is 3. The average molecular weight is 462 g/mol. The zero-order valence-electron chi connectivity index (χ0n) is 20.8. The van der Waals surface area contributed by atoms with Crippen LogP contribution < -0.4 is 5.32 Å². The molecule has 0 aromatic heterocycles. The lowest BCUT2D eigenvalue weighted by atomic mass is 9.72. The second-order valence-corrected chi connectivity index (χ2v) is 9.51. The molecule has 0 unspecified atom stereocenters. The van der Waals surface area contributed by atoms with Crippen molar-refractivity contribution in [3.63, 3.8) is 0 Å². The molecule has 1 aliphatic rings. The number of benzene rings is 1. The average Bonchev–Trinajstić information content (AvgIpc) is 2.74. The van der Waals surface area contributed by atoms with Gasteiger partial charge in [-0.05, 0) is 74.3 Å². The topological polar surface area (TPSA) is 83.5 Å². The molecule has 0 aliphatic heterocycles. The highest BCUT2D eigenvalue weighted by atomic mass is 16.4. The summed E-state index contributed by atoms with van der Waals surface area (Å²) < 4.78 is 0. The molecular weight excluding hydrogens is 426 g/mol. The second-order valence-electron chi connectivity index (χ2n) is 9.51. The van der Waals surface area contributed by atoms with E-state index in [1.807, 2.05) is 25.2 Å². The molecule has 0 saturated carbocycles. The fraction of sp³-hybridized carbons (Fsp3) is 0.345. The van der Waals surface area contributed by atoms with E-state index in [1.165, 1.54) is 36.5 Å². The molecule has 0 atom stereocenters. The van der Waals surface area contributed by atoms with Crippen LogP contribution in [-0.2, 0) is 20.8 Å². The lowest BCUT2D eigenvalue weighted by Gasteiger charge is -2.32.